The van der Waals surface area contributed by atoms with Crippen molar-refractivity contribution in [1.29, 1.82) is 0 Å². The van der Waals surface area contributed by atoms with E-state index in [0.29, 0.717) is 39.1 Å². The maximum absolute atomic E-state index is 12.9. The smallest absolute Gasteiger partial charge is 0.272 e. The summed E-state index contributed by atoms with van der Waals surface area (Å²) in [6.07, 6.45) is 0. The van der Waals surface area contributed by atoms with Crippen molar-refractivity contribution in [2.45, 2.75) is 0 Å². The molecule has 0 fully saturated rings. The molecule has 0 radical (unpaired) electrons. The number of benzene rings is 2. The lowest BCUT2D eigenvalue weighted by atomic mass is 10.1. The molecular weight excluding hydrogens is 490 g/mol. The first-order valence-electron chi connectivity index (χ1n) is 11.4. The number of nitrogens with one attached hydrogen (secondary N) is 5. The van der Waals surface area contributed by atoms with Crippen LogP contribution in [0.15, 0.2) is 58.5 Å². The first kappa shape index (κ1) is 25.6. The summed E-state index contributed by atoms with van der Waals surface area (Å²) >= 11 is 0. The highest BCUT2D eigenvalue weighted by atomic mass is 16.2. The predicted octanol–water partition coefficient (Wildman–Crippen LogP) is -0.135. The number of aromatic amines is 2. The van der Waals surface area contributed by atoms with Crippen molar-refractivity contribution in [2.24, 2.45) is 32.9 Å². The molecule has 2 aromatic carbocycles. The van der Waals surface area contributed by atoms with E-state index in [4.69, 9.17) is 22.9 Å². The molecule has 0 saturated heterocycles. The zero-order valence-electron chi connectivity index (χ0n) is 20.2. The standard InChI is InChI=1S/C24H27N11O3/c25-23(26)30-6-5-29-20(36)13-2-4-16-14(7-13)9-19(34-16)22(38)33-15-3-1-12-8-18(35-17(12)10-15)21(37)31-11-32-24(27)28/h1-4,7-10,34-35H,5-6,11H2,(H,29,36)(H,31,37)(H,33,38)(H4,25,26,30)(H4,27,28,32). The van der Waals surface area contributed by atoms with Crippen LogP contribution >= 0.6 is 0 Å². The third kappa shape index (κ3) is 6.17. The summed E-state index contributed by atoms with van der Waals surface area (Å²) < 4.78 is 0. The van der Waals surface area contributed by atoms with Crippen molar-refractivity contribution in [3.05, 3.63) is 65.5 Å². The van der Waals surface area contributed by atoms with Crippen LogP contribution in [-0.4, -0.2) is 59.4 Å². The third-order valence-electron chi connectivity index (χ3n) is 5.45. The van der Waals surface area contributed by atoms with Gasteiger partial charge in [0.2, 0.25) is 0 Å². The van der Waals surface area contributed by atoms with E-state index in [-0.39, 0.29) is 49.4 Å². The van der Waals surface area contributed by atoms with Gasteiger partial charge in [0, 0.05) is 39.6 Å². The number of aromatic nitrogens is 2. The van der Waals surface area contributed by atoms with E-state index >= 15 is 0 Å². The fourth-order valence-electron chi connectivity index (χ4n) is 3.68. The maximum atomic E-state index is 12.9. The van der Waals surface area contributed by atoms with Gasteiger partial charge in [0.15, 0.2) is 11.9 Å². The first-order chi connectivity index (χ1) is 18.2. The summed E-state index contributed by atoms with van der Waals surface area (Å²) in [4.78, 5) is 51.2. The van der Waals surface area contributed by atoms with Crippen LogP contribution < -0.4 is 38.9 Å². The van der Waals surface area contributed by atoms with E-state index in [1.807, 2.05) is 0 Å². The Hall–Kier alpha value is -5.53. The number of aliphatic imine (C=N–C) groups is 2. The SMILES string of the molecule is NC(N)=NCCNC(=O)c1ccc2[nH]c(C(=O)Nc3ccc4cc(C(=O)NCN=C(N)N)[nH]c4c3)cc2c1. The Morgan fingerprint density at radius 2 is 1.42 bits per heavy atom. The van der Waals surface area contributed by atoms with Crippen molar-refractivity contribution < 1.29 is 14.4 Å². The minimum atomic E-state index is -0.378. The number of rotatable bonds is 9. The predicted molar refractivity (Wildman–Crippen MR) is 146 cm³/mol. The van der Waals surface area contributed by atoms with Crippen molar-refractivity contribution in [2.75, 3.05) is 25.1 Å². The minimum absolute atomic E-state index is 0.0419. The highest BCUT2D eigenvalue weighted by Crippen LogP contribution is 2.22. The van der Waals surface area contributed by atoms with Gasteiger partial charge in [-0.15, -0.1) is 0 Å². The van der Waals surface area contributed by atoms with Gasteiger partial charge < -0.3 is 48.9 Å². The van der Waals surface area contributed by atoms with Crippen molar-refractivity contribution in [3.63, 3.8) is 0 Å². The molecular formula is C24H27N11O3. The number of H-pyrrole nitrogens is 2. The van der Waals surface area contributed by atoms with Crippen LogP contribution in [0.5, 0.6) is 0 Å². The summed E-state index contributed by atoms with van der Waals surface area (Å²) in [5.41, 5.74) is 24.0. The lowest BCUT2D eigenvalue weighted by Crippen LogP contribution is -2.28. The number of carbonyl (C=O) groups is 3. The lowest BCUT2D eigenvalue weighted by Gasteiger charge is -2.04. The molecule has 0 saturated carbocycles. The Morgan fingerprint density at radius 1 is 0.711 bits per heavy atom. The molecule has 0 aliphatic heterocycles. The zero-order valence-corrected chi connectivity index (χ0v) is 20.2. The molecule has 13 N–H and O–H groups in total. The second kappa shape index (κ2) is 11.0. The molecule has 2 aromatic heterocycles. The van der Waals surface area contributed by atoms with Crippen LogP contribution in [0.1, 0.15) is 31.3 Å². The van der Waals surface area contributed by atoms with Gasteiger partial charge in [0.1, 0.15) is 18.1 Å². The Balaban J connectivity index is 1.42. The molecule has 2 heterocycles. The maximum Gasteiger partial charge on any atom is 0.272 e. The van der Waals surface area contributed by atoms with Crippen molar-refractivity contribution in [3.8, 4) is 0 Å². The summed E-state index contributed by atoms with van der Waals surface area (Å²) in [7, 11) is 0. The molecule has 196 valence electrons. The molecule has 14 heteroatoms. The topological polar surface area (TPSA) is 248 Å². The van der Waals surface area contributed by atoms with Gasteiger partial charge in [-0.25, -0.2) is 4.99 Å². The van der Waals surface area contributed by atoms with Gasteiger partial charge in [0.05, 0.1) is 6.54 Å². The van der Waals surface area contributed by atoms with Crippen LogP contribution in [-0.2, 0) is 0 Å². The number of fused-ring (bicyclic) bond motifs is 2. The van der Waals surface area contributed by atoms with Crippen LogP contribution in [0.25, 0.3) is 21.8 Å². The number of carbonyl (C=O) groups excluding carboxylic acids is 3. The molecule has 0 unspecified atom stereocenters. The van der Waals surface area contributed by atoms with Gasteiger partial charge in [-0.1, -0.05) is 6.07 Å². The number of anilines is 1. The molecule has 4 rings (SSSR count). The summed E-state index contributed by atoms with van der Waals surface area (Å²) in [5.74, 6) is -1.20. The number of amides is 3. The van der Waals surface area contributed by atoms with E-state index in [1.54, 1.807) is 48.5 Å². The van der Waals surface area contributed by atoms with Crippen LogP contribution in [0, 0.1) is 0 Å². The van der Waals surface area contributed by atoms with Gasteiger partial charge in [-0.3, -0.25) is 19.4 Å². The fourth-order valence-corrected chi connectivity index (χ4v) is 3.68. The van der Waals surface area contributed by atoms with Gasteiger partial charge in [0.25, 0.3) is 17.7 Å². The van der Waals surface area contributed by atoms with E-state index < -0.39 is 0 Å². The number of nitrogens with zero attached hydrogens (tertiary/aromatic N) is 2. The van der Waals surface area contributed by atoms with Gasteiger partial charge in [-0.2, -0.15) is 0 Å². The van der Waals surface area contributed by atoms with Crippen molar-refractivity contribution >= 4 is 57.1 Å². The number of hydrogen-bond donors (Lipinski definition) is 9. The normalized spacial score (nSPS) is 10.6. The van der Waals surface area contributed by atoms with E-state index in [1.165, 1.54) is 0 Å². The van der Waals surface area contributed by atoms with Crippen LogP contribution in [0.3, 0.4) is 0 Å². The number of hydrogen-bond acceptors (Lipinski definition) is 5. The zero-order chi connectivity index (χ0) is 27.2. The van der Waals surface area contributed by atoms with E-state index in [0.717, 1.165) is 5.39 Å². The number of nitrogens with two attached hydrogens (primary N) is 4. The van der Waals surface area contributed by atoms with Gasteiger partial charge >= 0.3 is 0 Å². The molecule has 0 bridgehead atoms. The molecule has 0 spiro atoms. The Kier molecular flexibility index (Phi) is 7.42. The average molecular weight is 518 g/mol. The molecule has 4 aromatic rings. The summed E-state index contributed by atoms with van der Waals surface area (Å²) in [5, 5.41) is 9.61. The highest BCUT2D eigenvalue weighted by molar-refractivity contribution is 6.08. The lowest BCUT2D eigenvalue weighted by molar-refractivity contribution is 0.0944. The van der Waals surface area contributed by atoms with Crippen molar-refractivity contribution in [1.82, 2.24) is 20.6 Å². The fraction of sp³-hybridized carbons (Fsp3) is 0.125. The van der Waals surface area contributed by atoms with Crippen LogP contribution in [0.2, 0.25) is 0 Å². The van der Waals surface area contributed by atoms with Gasteiger partial charge in [-0.05, 0) is 42.5 Å². The van der Waals surface area contributed by atoms with E-state index in [2.05, 4.69) is 35.9 Å². The molecule has 14 nitrogen and oxygen atoms in total. The number of guanidine groups is 2. The quantitative estimate of drug-likeness (QED) is 0.0825. The molecule has 0 atom stereocenters. The monoisotopic (exact) mass is 517 g/mol. The first-order valence-corrected chi connectivity index (χ1v) is 11.4. The Morgan fingerprint density at radius 3 is 2.18 bits per heavy atom. The Labute approximate surface area is 215 Å². The highest BCUT2D eigenvalue weighted by Gasteiger charge is 2.14. The average Bonchev–Trinajstić information content (AvgIpc) is 3.49. The Bertz CT molecular complexity index is 1570. The largest absolute Gasteiger partial charge is 0.370 e. The summed E-state index contributed by atoms with van der Waals surface area (Å²) in [6.45, 7) is 0.506. The van der Waals surface area contributed by atoms with Crippen LogP contribution in [0.4, 0.5) is 5.69 Å². The third-order valence-corrected chi connectivity index (χ3v) is 5.45. The summed E-state index contributed by atoms with van der Waals surface area (Å²) in [6, 6.07) is 13.6. The van der Waals surface area contributed by atoms with E-state index in [9.17, 15) is 14.4 Å². The second-order valence-corrected chi connectivity index (χ2v) is 8.23. The minimum Gasteiger partial charge on any atom is -0.370 e. The molecule has 3 amide bonds. The molecule has 0 aliphatic carbocycles. The molecule has 38 heavy (non-hydrogen) atoms. The molecule has 0 aliphatic rings. The second-order valence-electron chi connectivity index (χ2n) is 8.23.